The van der Waals surface area contributed by atoms with Crippen molar-refractivity contribution in [2.45, 2.75) is 25.9 Å². The Hall–Kier alpha value is -3.10. The molecule has 9 nitrogen and oxygen atoms in total. The van der Waals surface area contributed by atoms with Gasteiger partial charge in [0.1, 0.15) is 12.4 Å². The first-order valence-electron chi connectivity index (χ1n) is 7.05. The number of hydrogen-bond acceptors (Lipinski definition) is 7. The van der Waals surface area contributed by atoms with Crippen molar-refractivity contribution >= 4 is 5.91 Å². The van der Waals surface area contributed by atoms with Crippen LogP contribution in [0.25, 0.3) is 0 Å². The van der Waals surface area contributed by atoms with Gasteiger partial charge in [-0.2, -0.15) is 0 Å². The molecular weight excluding hydrogens is 298 g/mol. The lowest BCUT2D eigenvalue weighted by Gasteiger charge is -2.15. The number of nitrogens with one attached hydrogen (secondary N) is 1. The number of hydrogen-bond donors (Lipinski definition) is 1. The Kier molecular flexibility index (Phi) is 4.37. The van der Waals surface area contributed by atoms with Crippen LogP contribution in [-0.4, -0.2) is 36.3 Å². The lowest BCUT2D eigenvalue weighted by molar-refractivity contribution is -0.124. The summed E-state index contributed by atoms with van der Waals surface area (Å²) in [5.41, 5.74) is 1.01. The topological polar surface area (TPSA) is 112 Å². The van der Waals surface area contributed by atoms with Crippen LogP contribution in [0.1, 0.15) is 23.4 Å². The molecule has 0 aliphatic rings. The molecule has 0 saturated heterocycles. The van der Waals surface area contributed by atoms with E-state index in [9.17, 15) is 4.79 Å². The predicted molar refractivity (Wildman–Crippen MR) is 77.9 cm³/mol. The number of tetrazole rings is 1. The molecule has 0 fully saturated rings. The molecule has 0 spiro atoms. The number of carbonyl (C=O) groups excluding carboxylic acids is 1. The molecule has 0 radical (unpaired) electrons. The van der Waals surface area contributed by atoms with E-state index in [0.29, 0.717) is 18.2 Å². The summed E-state index contributed by atoms with van der Waals surface area (Å²) in [5, 5.41) is 21.4. The van der Waals surface area contributed by atoms with Crippen LogP contribution in [0.4, 0.5) is 0 Å². The van der Waals surface area contributed by atoms with Gasteiger partial charge in [0.2, 0.25) is 17.7 Å². The highest BCUT2D eigenvalue weighted by atomic mass is 16.4. The monoisotopic (exact) mass is 313 g/mol. The summed E-state index contributed by atoms with van der Waals surface area (Å²) in [7, 11) is 0. The van der Waals surface area contributed by atoms with Crippen molar-refractivity contribution in [3.05, 3.63) is 54.0 Å². The van der Waals surface area contributed by atoms with Crippen molar-refractivity contribution in [3.63, 3.8) is 0 Å². The zero-order valence-corrected chi connectivity index (χ0v) is 12.5. The van der Waals surface area contributed by atoms with Crippen molar-refractivity contribution < 1.29 is 9.21 Å². The smallest absolute Gasteiger partial charge is 0.245 e. The van der Waals surface area contributed by atoms with E-state index in [0.717, 1.165) is 5.56 Å². The molecule has 1 N–H and O–H groups in total. The average Bonchev–Trinajstić information content (AvgIpc) is 3.23. The standard InChI is InChI=1S/C14H15N7O2/c1-10-17-18-13(23-10)8-15-14(22)12(21-9-16-19-20-21)7-11-5-3-2-4-6-11/h2-6,9,12H,7-8H2,1H3,(H,15,22). The summed E-state index contributed by atoms with van der Waals surface area (Å²) in [6, 6.07) is 9.11. The zero-order valence-electron chi connectivity index (χ0n) is 12.5. The van der Waals surface area contributed by atoms with Gasteiger partial charge in [-0.25, -0.2) is 4.68 Å². The molecule has 23 heavy (non-hydrogen) atoms. The van der Waals surface area contributed by atoms with Gasteiger partial charge < -0.3 is 9.73 Å². The second-order valence-corrected chi connectivity index (χ2v) is 4.93. The Balaban J connectivity index is 1.71. The van der Waals surface area contributed by atoms with E-state index in [1.165, 1.54) is 11.0 Å². The van der Waals surface area contributed by atoms with Crippen LogP contribution in [0, 0.1) is 6.92 Å². The van der Waals surface area contributed by atoms with Crippen LogP contribution in [0.5, 0.6) is 0 Å². The fourth-order valence-electron chi connectivity index (χ4n) is 2.14. The number of aromatic nitrogens is 6. The van der Waals surface area contributed by atoms with Gasteiger partial charge in [-0.15, -0.1) is 15.3 Å². The molecule has 1 unspecified atom stereocenters. The number of amides is 1. The molecule has 0 aliphatic heterocycles. The molecular formula is C14H15N7O2. The van der Waals surface area contributed by atoms with E-state index in [-0.39, 0.29) is 12.5 Å². The van der Waals surface area contributed by atoms with Crippen LogP contribution in [0.15, 0.2) is 41.1 Å². The van der Waals surface area contributed by atoms with Gasteiger partial charge in [0.05, 0.1) is 6.54 Å². The van der Waals surface area contributed by atoms with Gasteiger partial charge in [-0.3, -0.25) is 4.79 Å². The summed E-state index contributed by atoms with van der Waals surface area (Å²) < 4.78 is 6.67. The lowest BCUT2D eigenvalue weighted by Crippen LogP contribution is -2.34. The van der Waals surface area contributed by atoms with Gasteiger partial charge >= 0.3 is 0 Å². The first-order valence-corrected chi connectivity index (χ1v) is 7.05. The van der Waals surface area contributed by atoms with E-state index in [4.69, 9.17) is 4.42 Å². The third kappa shape index (κ3) is 3.76. The van der Waals surface area contributed by atoms with E-state index in [1.54, 1.807) is 6.92 Å². The quantitative estimate of drug-likeness (QED) is 0.703. The highest BCUT2D eigenvalue weighted by Crippen LogP contribution is 2.13. The first-order chi connectivity index (χ1) is 11.2. The Morgan fingerprint density at radius 2 is 2.13 bits per heavy atom. The lowest BCUT2D eigenvalue weighted by atomic mass is 10.1. The van der Waals surface area contributed by atoms with Crippen molar-refractivity contribution in [2.75, 3.05) is 0 Å². The number of nitrogens with zero attached hydrogens (tertiary/aromatic N) is 6. The van der Waals surface area contributed by atoms with E-state index < -0.39 is 6.04 Å². The van der Waals surface area contributed by atoms with Gasteiger partial charge in [-0.05, 0) is 16.0 Å². The molecule has 2 heterocycles. The number of benzene rings is 1. The van der Waals surface area contributed by atoms with E-state index in [1.807, 2.05) is 30.3 Å². The van der Waals surface area contributed by atoms with E-state index >= 15 is 0 Å². The average molecular weight is 313 g/mol. The number of carbonyl (C=O) groups is 1. The molecule has 0 bridgehead atoms. The van der Waals surface area contributed by atoms with Crippen molar-refractivity contribution in [1.82, 2.24) is 35.7 Å². The van der Waals surface area contributed by atoms with Gasteiger partial charge in [0.15, 0.2) is 0 Å². The van der Waals surface area contributed by atoms with Crippen LogP contribution in [0.3, 0.4) is 0 Å². The SMILES string of the molecule is Cc1nnc(CNC(=O)C(Cc2ccccc2)n2cnnn2)o1. The van der Waals surface area contributed by atoms with Gasteiger partial charge in [-0.1, -0.05) is 30.3 Å². The summed E-state index contributed by atoms with van der Waals surface area (Å²) in [6.07, 6.45) is 1.89. The largest absolute Gasteiger partial charge is 0.424 e. The molecule has 9 heteroatoms. The maximum absolute atomic E-state index is 12.5. The maximum Gasteiger partial charge on any atom is 0.245 e. The molecule has 0 aliphatic carbocycles. The maximum atomic E-state index is 12.5. The highest BCUT2D eigenvalue weighted by molar-refractivity contribution is 5.80. The van der Waals surface area contributed by atoms with Crippen molar-refractivity contribution in [3.8, 4) is 0 Å². The molecule has 1 aromatic carbocycles. The molecule has 3 aromatic rings. The second-order valence-electron chi connectivity index (χ2n) is 4.93. The zero-order chi connectivity index (χ0) is 16.1. The predicted octanol–water partition coefficient (Wildman–Crippen LogP) is 0.465. The van der Waals surface area contributed by atoms with Gasteiger partial charge in [0, 0.05) is 13.3 Å². The number of rotatable bonds is 6. The summed E-state index contributed by atoms with van der Waals surface area (Å²) >= 11 is 0. The first kappa shape index (κ1) is 14.8. The highest BCUT2D eigenvalue weighted by Gasteiger charge is 2.22. The molecule has 118 valence electrons. The minimum atomic E-state index is -0.559. The molecule has 1 amide bonds. The molecule has 2 aromatic heterocycles. The normalized spacial score (nSPS) is 12.0. The minimum Gasteiger partial charge on any atom is -0.424 e. The fraction of sp³-hybridized carbons (Fsp3) is 0.286. The van der Waals surface area contributed by atoms with Crippen LogP contribution in [0.2, 0.25) is 0 Å². The second kappa shape index (κ2) is 6.77. The minimum absolute atomic E-state index is 0.160. The Morgan fingerprint density at radius 3 is 2.78 bits per heavy atom. The Labute approximate surface area is 131 Å². The van der Waals surface area contributed by atoms with Crippen LogP contribution in [-0.2, 0) is 17.8 Å². The van der Waals surface area contributed by atoms with Crippen LogP contribution < -0.4 is 5.32 Å². The fourth-order valence-corrected chi connectivity index (χ4v) is 2.14. The van der Waals surface area contributed by atoms with E-state index in [2.05, 4.69) is 31.0 Å². The third-order valence-electron chi connectivity index (χ3n) is 3.24. The third-order valence-corrected chi connectivity index (χ3v) is 3.24. The molecule has 1 atom stereocenters. The number of aryl methyl sites for hydroxylation is 1. The van der Waals surface area contributed by atoms with Crippen LogP contribution >= 0.6 is 0 Å². The van der Waals surface area contributed by atoms with Crippen molar-refractivity contribution in [1.29, 1.82) is 0 Å². The Morgan fingerprint density at radius 1 is 1.30 bits per heavy atom. The molecule has 3 rings (SSSR count). The Bertz CT molecular complexity index is 755. The summed E-state index contributed by atoms with van der Waals surface area (Å²) in [4.78, 5) is 12.5. The van der Waals surface area contributed by atoms with Crippen molar-refractivity contribution in [2.24, 2.45) is 0 Å². The van der Waals surface area contributed by atoms with Gasteiger partial charge in [0.25, 0.3) is 0 Å². The summed E-state index contributed by atoms with van der Waals surface area (Å²) in [6.45, 7) is 1.85. The molecule has 0 saturated carbocycles. The summed E-state index contributed by atoms with van der Waals surface area (Å²) in [5.74, 6) is 0.582.